The third kappa shape index (κ3) is 3.79. The van der Waals surface area contributed by atoms with Gasteiger partial charge in [0.05, 0.1) is 18.4 Å². The molecule has 0 aliphatic carbocycles. The fraction of sp³-hybridized carbons (Fsp3) is 0.200. The molecule has 0 aliphatic heterocycles. The second-order valence-electron chi connectivity index (χ2n) is 4.36. The van der Waals surface area contributed by atoms with Crippen molar-refractivity contribution in [3.05, 3.63) is 51.5 Å². The first kappa shape index (κ1) is 15.9. The number of halogens is 1. The fourth-order valence-electron chi connectivity index (χ4n) is 1.75. The molecule has 0 radical (unpaired) electrons. The average molecular weight is 324 g/mol. The van der Waals surface area contributed by atoms with Gasteiger partial charge in [-0.1, -0.05) is 11.6 Å². The molecule has 1 heterocycles. The van der Waals surface area contributed by atoms with E-state index in [1.807, 2.05) is 0 Å². The van der Waals surface area contributed by atoms with E-state index in [0.29, 0.717) is 22.2 Å². The molecule has 1 aromatic carbocycles. The summed E-state index contributed by atoms with van der Waals surface area (Å²) in [5.41, 5.74) is 0.153. The van der Waals surface area contributed by atoms with Crippen LogP contribution in [0.5, 0.6) is 11.5 Å². The third-order valence-corrected chi connectivity index (χ3v) is 3.09. The Balaban J connectivity index is 1.99. The fourth-order valence-corrected chi connectivity index (χ4v) is 2.01. The van der Waals surface area contributed by atoms with Crippen LogP contribution in [0.3, 0.4) is 0 Å². The van der Waals surface area contributed by atoms with Crippen molar-refractivity contribution in [2.75, 3.05) is 19.0 Å². The Bertz CT molecular complexity index is 741. The van der Waals surface area contributed by atoms with Crippen molar-refractivity contribution in [3.63, 3.8) is 0 Å². The number of amides is 1. The maximum absolute atomic E-state index is 11.8. The van der Waals surface area contributed by atoms with Crippen LogP contribution in [0, 0.1) is 6.92 Å². The molecule has 2 rings (SSSR count). The number of hydrogen-bond donors (Lipinski definition) is 1. The standard InChI is InChI=1S/C15H14ClNO5/c1-9-15(12(18)5-6-21-9)22-8-14(19)17-10-3-4-13(20-2)11(16)7-10/h3-7H,8H2,1-2H3,(H,17,19). The zero-order chi connectivity index (χ0) is 16.1. The number of ether oxygens (including phenoxy) is 2. The number of aryl methyl sites for hydroxylation is 1. The number of hydrogen-bond acceptors (Lipinski definition) is 5. The van der Waals surface area contributed by atoms with Crippen LogP contribution in [-0.4, -0.2) is 19.6 Å². The van der Waals surface area contributed by atoms with Gasteiger partial charge in [-0.05, 0) is 25.1 Å². The van der Waals surface area contributed by atoms with Crippen LogP contribution in [-0.2, 0) is 4.79 Å². The maximum Gasteiger partial charge on any atom is 0.262 e. The van der Waals surface area contributed by atoms with Crippen molar-refractivity contribution >= 4 is 23.2 Å². The molecule has 1 aromatic heterocycles. The van der Waals surface area contributed by atoms with Gasteiger partial charge in [-0.15, -0.1) is 0 Å². The van der Waals surface area contributed by atoms with Crippen LogP contribution < -0.4 is 20.2 Å². The Kier molecular flexibility index (Phi) is 5.06. The third-order valence-electron chi connectivity index (χ3n) is 2.79. The van der Waals surface area contributed by atoms with Gasteiger partial charge in [-0.2, -0.15) is 0 Å². The lowest BCUT2D eigenvalue weighted by Crippen LogP contribution is -2.22. The highest BCUT2D eigenvalue weighted by Gasteiger charge is 2.10. The van der Waals surface area contributed by atoms with E-state index >= 15 is 0 Å². The van der Waals surface area contributed by atoms with Gasteiger partial charge in [0.15, 0.2) is 6.61 Å². The zero-order valence-corrected chi connectivity index (χ0v) is 12.8. The molecule has 0 unspecified atom stereocenters. The molecular weight excluding hydrogens is 310 g/mol. The molecule has 1 amide bonds. The van der Waals surface area contributed by atoms with Crippen LogP contribution in [0.15, 0.2) is 39.7 Å². The highest BCUT2D eigenvalue weighted by molar-refractivity contribution is 6.32. The quantitative estimate of drug-likeness (QED) is 0.915. The van der Waals surface area contributed by atoms with Gasteiger partial charge in [0.1, 0.15) is 11.5 Å². The molecule has 2 aromatic rings. The second kappa shape index (κ2) is 7.00. The van der Waals surface area contributed by atoms with Crippen molar-refractivity contribution in [1.29, 1.82) is 0 Å². The zero-order valence-electron chi connectivity index (χ0n) is 12.0. The van der Waals surface area contributed by atoms with E-state index in [2.05, 4.69) is 5.32 Å². The summed E-state index contributed by atoms with van der Waals surface area (Å²) in [5, 5.41) is 2.98. The number of benzene rings is 1. The van der Waals surface area contributed by atoms with Crippen LogP contribution in [0.25, 0.3) is 0 Å². The van der Waals surface area contributed by atoms with Gasteiger partial charge in [0.25, 0.3) is 5.91 Å². The first-order valence-electron chi connectivity index (χ1n) is 6.36. The highest BCUT2D eigenvalue weighted by atomic mass is 35.5. The average Bonchev–Trinajstić information content (AvgIpc) is 2.47. The molecule has 22 heavy (non-hydrogen) atoms. The van der Waals surface area contributed by atoms with E-state index in [1.54, 1.807) is 25.1 Å². The van der Waals surface area contributed by atoms with Gasteiger partial charge >= 0.3 is 0 Å². The van der Waals surface area contributed by atoms with E-state index in [4.69, 9.17) is 25.5 Å². The minimum absolute atomic E-state index is 0.0189. The Morgan fingerprint density at radius 3 is 2.77 bits per heavy atom. The van der Waals surface area contributed by atoms with E-state index in [9.17, 15) is 9.59 Å². The molecule has 1 N–H and O–H groups in total. The normalized spacial score (nSPS) is 10.1. The topological polar surface area (TPSA) is 77.8 Å². The molecule has 116 valence electrons. The van der Waals surface area contributed by atoms with Gasteiger partial charge < -0.3 is 19.2 Å². The minimum atomic E-state index is -0.427. The second-order valence-corrected chi connectivity index (χ2v) is 4.76. The number of carbonyl (C=O) groups is 1. The van der Waals surface area contributed by atoms with Crippen molar-refractivity contribution in [2.24, 2.45) is 0 Å². The van der Waals surface area contributed by atoms with Crippen molar-refractivity contribution in [3.8, 4) is 11.5 Å². The monoisotopic (exact) mass is 323 g/mol. The smallest absolute Gasteiger partial charge is 0.262 e. The summed E-state index contributed by atoms with van der Waals surface area (Å²) in [6.07, 6.45) is 1.27. The van der Waals surface area contributed by atoms with E-state index < -0.39 is 5.91 Å². The lowest BCUT2D eigenvalue weighted by Gasteiger charge is -2.09. The summed E-state index contributed by atoms with van der Waals surface area (Å²) in [4.78, 5) is 23.4. The summed E-state index contributed by atoms with van der Waals surface area (Å²) in [5.74, 6) is 0.413. The molecular formula is C15H14ClNO5. The molecule has 0 fully saturated rings. The molecule has 0 spiro atoms. The molecule has 6 nitrogen and oxygen atoms in total. The minimum Gasteiger partial charge on any atom is -0.495 e. The molecule has 7 heteroatoms. The number of nitrogens with one attached hydrogen (secondary N) is 1. The lowest BCUT2D eigenvalue weighted by atomic mass is 10.3. The molecule has 0 atom stereocenters. The molecule has 0 saturated carbocycles. The number of rotatable bonds is 5. The first-order valence-corrected chi connectivity index (χ1v) is 6.73. The maximum atomic E-state index is 11.8. The van der Waals surface area contributed by atoms with Crippen molar-refractivity contribution in [2.45, 2.75) is 6.92 Å². The number of carbonyl (C=O) groups excluding carboxylic acids is 1. The van der Waals surface area contributed by atoms with E-state index in [-0.39, 0.29) is 17.8 Å². The Morgan fingerprint density at radius 1 is 1.36 bits per heavy atom. The predicted octanol–water partition coefficient (Wildman–Crippen LogP) is 2.63. The summed E-state index contributed by atoms with van der Waals surface area (Å²) in [6.45, 7) is 1.26. The Hall–Kier alpha value is -2.47. The van der Waals surface area contributed by atoms with Gasteiger partial charge in [-0.3, -0.25) is 9.59 Å². The van der Waals surface area contributed by atoms with Gasteiger partial charge in [0, 0.05) is 11.8 Å². The van der Waals surface area contributed by atoms with Gasteiger partial charge in [-0.25, -0.2) is 0 Å². The Morgan fingerprint density at radius 2 is 2.14 bits per heavy atom. The van der Waals surface area contributed by atoms with Crippen molar-refractivity contribution in [1.82, 2.24) is 0 Å². The van der Waals surface area contributed by atoms with Crippen LogP contribution in [0.4, 0.5) is 5.69 Å². The van der Waals surface area contributed by atoms with Crippen LogP contribution in [0.2, 0.25) is 5.02 Å². The van der Waals surface area contributed by atoms with E-state index in [1.165, 1.54) is 19.4 Å². The predicted molar refractivity (Wildman–Crippen MR) is 81.8 cm³/mol. The largest absolute Gasteiger partial charge is 0.495 e. The molecule has 0 bridgehead atoms. The SMILES string of the molecule is COc1ccc(NC(=O)COc2c(C)occc2=O)cc1Cl. The summed E-state index contributed by atoms with van der Waals surface area (Å²) < 4.78 is 15.3. The summed E-state index contributed by atoms with van der Waals surface area (Å²) in [6, 6.07) is 6.06. The lowest BCUT2D eigenvalue weighted by molar-refractivity contribution is -0.118. The summed E-state index contributed by atoms with van der Waals surface area (Å²) in [7, 11) is 1.50. The van der Waals surface area contributed by atoms with Gasteiger partial charge in [0.2, 0.25) is 11.2 Å². The molecule has 0 aliphatic rings. The van der Waals surface area contributed by atoms with E-state index in [0.717, 1.165) is 0 Å². The summed E-state index contributed by atoms with van der Waals surface area (Å²) >= 11 is 5.97. The van der Waals surface area contributed by atoms with Crippen molar-refractivity contribution < 1.29 is 18.7 Å². The number of anilines is 1. The van der Waals surface area contributed by atoms with Crippen LogP contribution in [0.1, 0.15) is 5.76 Å². The Labute approximate surface area is 131 Å². The number of methoxy groups -OCH3 is 1. The first-order chi connectivity index (χ1) is 10.5. The molecule has 0 saturated heterocycles. The van der Waals surface area contributed by atoms with Crippen LogP contribution >= 0.6 is 11.6 Å². The highest BCUT2D eigenvalue weighted by Crippen LogP contribution is 2.27.